The molecular formula is C12H11ClN4O. The van der Waals surface area contributed by atoms with Gasteiger partial charge in [0.05, 0.1) is 11.3 Å². The average Bonchev–Trinajstić information content (AvgIpc) is 2.96. The lowest BCUT2D eigenvalue weighted by Crippen LogP contribution is -2.07. The zero-order valence-corrected chi connectivity index (χ0v) is 10.3. The summed E-state index contributed by atoms with van der Waals surface area (Å²) >= 11 is 6.04. The predicted octanol–water partition coefficient (Wildman–Crippen LogP) is 2.30. The molecule has 92 valence electrons. The lowest BCUT2D eigenvalue weighted by molar-refractivity contribution is 0.617. The number of halogens is 1. The molecule has 0 atom stereocenters. The van der Waals surface area contributed by atoms with E-state index in [2.05, 4.69) is 9.97 Å². The second kappa shape index (κ2) is 4.44. The Kier molecular flexibility index (Phi) is 2.77. The molecule has 2 N–H and O–H groups in total. The van der Waals surface area contributed by atoms with Gasteiger partial charge in [-0.25, -0.2) is 9.97 Å². The molecule has 3 aromatic rings. The van der Waals surface area contributed by atoms with Crippen molar-refractivity contribution < 1.29 is 4.42 Å². The molecule has 3 rings (SSSR count). The number of oxazole rings is 1. The van der Waals surface area contributed by atoms with Crippen LogP contribution in [-0.2, 0) is 6.54 Å². The number of nitrogens with two attached hydrogens (primary N) is 1. The highest BCUT2D eigenvalue weighted by molar-refractivity contribution is 6.34. The fraction of sp³-hybridized carbons (Fsp3) is 0.167. The maximum atomic E-state index is 6.04. The molecule has 2 aromatic heterocycles. The molecule has 0 amide bonds. The monoisotopic (exact) mass is 262 g/mol. The molecule has 1 aromatic carbocycles. The Morgan fingerprint density at radius 1 is 1.39 bits per heavy atom. The summed E-state index contributed by atoms with van der Waals surface area (Å²) in [6.45, 7) is 1.28. The Morgan fingerprint density at radius 3 is 3.06 bits per heavy atom. The molecular weight excluding hydrogens is 252 g/mol. The van der Waals surface area contributed by atoms with E-state index in [1.54, 1.807) is 12.4 Å². The summed E-state index contributed by atoms with van der Waals surface area (Å²) in [5.41, 5.74) is 7.47. The number of nitrogens with zero attached hydrogens (tertiary/aromatic N) is 3. The van der Waals surface area contributed by atoms with Gasteiger partial charge < -0.3 is 14.7 Å². The number of hydrogen-bond acceptors (Lipinski definition) is 4. The zero-order valence-electron chi connectivity index (χ0n) is 9.51. The van der Waals surface area contributed by atoms with Crippen LogP contribution in [0, 0.1) is 0 Å². The average molecular weight is 263 g/mol. The van der Waals surface area contributed by atoms with Gasteiger partial charge in [0, 0.05) is 19.3 Å². The van der Waals surface area contributed by atoms with Crippen LogP contribution >= 0.6 is 11.6 Å². The van der Waals surface area contributed by atoms with Gasteiger partial charge in [-0.15, -0.1) is 0 Å². The highest BCUT2D eigenvalue weighted by atomic mass is 35.5. The maximum Gasteiger partial charge on any atom is 0.247 e. The van der Waals surface area contributed by atoms with Crippen molar-refractivity contribution in [2.75, 3.05) is 6.54 Å². The molecule has 18 heavy (non-hydrogen) atoms. The summed E-state index contributed by atoms with van der Waals surface area (Å²) in [4.78, 5) is 8.60. The van der Waals surface area contributed by atoms with Crippen LogP contribution in [0.2, 0.25) is 5.02 Å². The molecule has 6 heteroatoms. The zero-order chi connectivity index (χ0) is 12.5. The first-order chi connectivity index (χ1) is 8.78. The normalized spacial score (nSPS) is 11.2. The lowest BCUT2D eigenvalue weighted by atomic mass is 10.3. The van der Waals surface area contributed by atoms with Crippen molar-refractivity contribution in [3.63, 3.8) is 0 Å². The quantitative estimate of drug-likeness (QED) is 0.786. The molecule has 0 radical (unpaired) electrons. The predicted molar refractivity (Wildman–Crippen MR) is 69.3 cm³/mol. The summed E-state index contributed by atoms with van der Waals surface area (Å²) in [7, 11) is 0. The van der Waals surface area contributed by atoms with Crippen molar-refractivity contribution in [1.82, 2.24) is 14.5 Å². The number of fused-ring (bicyclic) bond motifs is 1. The SMILES string of the molecule is NCCn1cnc(-c2nc3cccc(Cl)c3o2)c1. The van der Waals surface area contributed by atoms with E-state index in [-0.39, 0.29) is 0 Å². The minimum absolute atomic E-state index is 0.467. The molecule has 0 saturated heterocycles. The molecule has 0 spiro atoms. The third-order valence-electron chi connectivity index (χ3n) is 2.61. The second-order valence-corrected chi connectivity index (χ2v) is 4.30. The standard InChI is InChI=1S/C12H11ClN4O/c13-8-2-1-3-9-11(8)18-12(16-9)10-6-17(5-4-14)7-15-10/h1-3,6-7H,4-5,14H2. The fourth-order valence-corrected chi connectivity index (χ4v) is 1.98. The van der Waals surface area contributed by atoms with Gasteiger partial charge in [0.1, 0.15) is 11.2 Å². The molecule has 0 fully saturated rings. The third-order valence-corrected chi connectivity index (χ3v) is 2.90. The molecule has 0 aliphatic heterocycles. The number of imidazole rings is 1. The fourth-order valence-electron chi connectivity index (χ4n) is 1.77. The molecule has 0 unspecified atom stereocenters. The van der Waals surface area contributed by atoms with Crippen molar-refractivity contribution in [2.45, 2.75) is 6.54 Å². The van der Waals surface area contributed by atoms with Crippen LogP contribution in [0.1, 0.15) is 0 Å². The topological polar surface area (TPSA) is 69.9 Å². The largest absolute Gasteiger partial charge is 0.433 e. The highest BCUT2D eigenvalue weighted by Crippen LogP contribution is 2.27. The minimum atomic E-state index is 0.467. The van der Waals surface area contributed by atoms with Crippen LogP contribution in [0.4, 0.5) is 0 Å². The van der Waals surface area contributed by atoms with Gasteiger partial charge in [0.15, 0.2) is 5.58 Å². The molecule has 0 aliphatic rings. The van der Waals surface area contributed by atoms with Gasteiger partial charge in [-0.3, -0.25) is 0 Å². The Morgan fingerprint density at radius 2 is 2.28 bits per heavy atom. The number of hydrogen-bond donors (Lipinski definition) is 1. The summed E-state index contributed by atoms with van der Waals surface area (Å²) in [6, 6.07) is 5.46. The Hall–Kier alpha value is -1.85. The van der Waals surface area contributed by atoms with Crippen molar-refractivity contribution in [1.29, 1.82) is 0 Å². The first-order valence-corrected chi connectivity index (χ1v) is 5.93. The van der Waals surface area contributed by atoms with Crippen LogP contribution < -0.4 is 5.73 Å². The van der Waals surface area contributed by atoms with Crippen LogP contribution in [0.5, 0.6) is 0 Å². The van der Waals surface area contributed by atoms with Gasteiger partial charge in [0.25, 0.3) is 0 Å². The van der Waals surface area contributed by atoms with Gasteiger partial charge in [0.2, 0.25) is 5.89 Å². The van der Waals surface area contributed by atoms with Crippen molar-refractivity contribution >= 4 is 22.7 Å². The van der Waals surface area contributed by atoms with E-state index < -0.39 is 0 Å². The van der Waals surface area contributed by atoms with Gasteiger partial charge in [-0.1, -0.05) is 17.7 Å². The van der Waals surface area contributed by atoms with E-state index in [4.69, 9.17) is 21.8 Å². The number of rotatable bonds is 3. The summed E-state index contributed by atoms with van der Waals surface area (Å²) < 4.78 is 7.52. The maximum absolute atomic E-state index is 6.04. The molecule has 2 heterocycles. The Labute approximate surface area is 108 Å². The first kappa shape index (κ1) is 11.3. The van der Waals surface area contributed by atoms with E-state index >= 15 is 0 Å². The molecule has 0 saturated carbocycles. The van der Waals surface area contributed by atoms with Crippen LogP contribution in [0.25, 0.3) is 22.7 Å². The van der Waals surface area contributed by atoms with Crippen molar-refractivity contribution in [3.8, 4) is 11.6 Å². The molecule has 0 bridgehead atoms. The summed E-state index contributed by atoms with van der Waals surface area (Å²) in [5, 5.41) is 0.549. The smallest absolute Gasteiger partial charge is 0.247 e. The highest BCUT2D eigenvalue weighted by Gasteiger charge is 2.12. The number of aromatic nitrogens is 3. The summed E-state index contributed by atoms with van der Waals surface area (Å²) in [5.74, 6) is 0.467. The van der Waals surface area contributed by atoms with Gasteiger partial charge in [-0.05, 0) is 12.1 Å². The van der Waals surface area contributed by atoms with Crippen LogP contribution in [0.15, 0.2) is 35.1 Å². The van der Waals surface area contributed by atoms with Crippen LogP contribution in [-0.4, -0.2) is 21.1 Å². The third kappa shape index (κ3) is 1.87. The van der Waals surface area contributed by atoms with Crippen molar-refractivity contribution in [3.05, 3.63) is 35.7 Å². The van der Waals surface area contributed by atoms with E-state index in [0.29, 0.717) is 35.3 Å². The Balaban J connectivity index is 2.05. The van der Waals surface area contributed by atoms with Crippen molar-refractivity contribution in [2.24, 2.45) is 5.73 Å². The molecule has 0 aliphatic carbocycles. The number of benzene rings is 1. The van der Waals surface area contributed by atoms with E-state index in [1.807, 2.05) is 22.9 Å². The van der Waals surface area contributed by atoms with Gasteiger partial charge in [-0.2, -0.15) is 0 Å². The molecule has 5 nitrogen and oxygen atoms in total. The Bertz CT molecular complexity index is 688. The van der Waals surface area contributed by atoms with E-state index in [0.717, 1.165) is 5.52 Å². The van der Waals surface area contributed by atoms with Gasteiger partial charge >= 0.3 is 0 Å². The first-order valence-electron chi connectivity index (χ1n) is 5.55. The lowest BCUT2D eigenvalue weighted by Gasteiger charge is -1.94. The van der Waals surface area contributed by atoms with E-state index in [9.17, 15) is 0 Å². The second-order valence-electron chi connectivity index (χ2n) is 3.89. The van der Waals surface area contributed by atoms with E-state index in [1.165, 1.54) is 0 Å². The summed E-state index contributed by atoms with van der Waals surface area (Å²) in [6.07, 6.45) is 3.56. The van der Waals surface area contributed by atoms with Crippen LogP contribution in [0.3, 0.4) is 0 Å². The minimum Gasteiger partial charge on any atom is -0.433 e. The number of para-hydroxylation sites is 1.